The number of aromatic nitrogens is 3. The van der Waals surface area contributed by atoms with Crippen molar-refractivity contribution in [3.05, 3.63) is 57.8 Å². The molecule has 0 saturated heterocycles. The number of ether oxygens (including phenoxy) is 1. The SMILES string of the molecule is CCOC(=O)c1c(-c2cnc(C)cn2)c(C#N)c(=O)n2c(NC)cccc12. The molecule has 8 nitrogen and oxygen atoms in total. The van der Waals surface area contributed by atoms with Crippen molar-refractivity contribution in [2.45, 2.75) is 13.8 Å². The van der Waals surface area contributed by atoms with E-state index in [-0.39, 0.29) is 29.0 Å². The van der Waals surface area contributed by atoms with Crippen LogP contribution in [0.3, 0.4) is 0 Å². The molecule has 0 spiro atoms. The van der Waals surface area contributed by atoms with E-state index in [0.717, 1.165) is 0 Å². The molecule has 136 valence electrons. The first kappa shape index (κ1) is 18.1. The monoisotopic (exact) mass is 363 g/mol. The summed E-state index contributed by atoms with van der Waals surface area (Å²) in [5, 5.41) is 12.6. The van der Waals surface area contributed by atoms with Crippen LogP contribution < -0.4 is 10.9 Å². The number of nitrogens with one attached hydrogen (secondary N) is 1. The summed E-state index contributed by atoms with van der Waals surface area (Å²) in [5.74, 6) is -0.196. The molecule has 3 heterocycles. The number of anilines is 1. The first-order valence-corrected chi connectivity index (χ1v) is 8.29. The third kappa shape index (κ3) is 3.00. The van der Waals surface area contributed by atoms with Crippen LogP contribution in [0, 0.1) is 18.3 Å². The summed E-state index contributed by atoms with van der Waals surface area (Å²) in [6.45, 7) is 3.60. The normalized spacial score (nSPS) is 10.4. The summed E-state index contributed by atoms with van der Waals surface area (Å²) in [6.07, 6.45) is 2.95. The lowest BCUT2D eigenvalue weighted by Gasteiger charge is -2.16. The van der Waals surface area contributed by atoms with Crippen molar-refractivity contribution in [1.82, 2.24) is 14.4 Å². The standard InChI is InChI=1S/C19H17N5O3/c1-4-27-19(26)17-14-6-5-7-15(21-3)24(14)18(25)12(8-20)16(17)13-10-22-11(2)9-23-13/h5-7,9-10,21H,4H2,1-3H3. The molecule has 0 unspecified atom stereocenters. The van der Waals surface area contributed by atoms with Crippen molar-refractivity contribution in [3.63, 3.8) is 0 Å². The number of fused-ring (bicyclic) bond motifs is 1. The van der Waals surface area contributed by atoms with Crippen molar-refractivity contribution in [3.8, 4) is 17.3 Å². The number of hydrogen-bond acceptors (Lipinski definition) is 7. The molecule has 0 radical (unpaired) electrons. The molecule has 0 aliphatic heterocycles. The molecule has 27 heavy (non-hydrogen) atoms. The second-order valence-corrected chi connectivity index (χ2v) is 5.69. The Morgan fingerprint density at radius 1 is 1.33 bits per heavy atom. The van der Waals surface area contributed by atoms with Gasteiger partial charge in [0.1, 0.15) is 17.5 Å². The second kappa shape index (κ2) is 7.25. The van der Waals surface area contributed by atoms with Crippen molar-refractivity contribution in [2.75, 3.05) is 19.0 Å². The molecule has 0 fully saturated rings. The predicted octanol–water partition coefficient (Wildman–Crippen LogP) is 2.16. The highest BCUT2D eigenvalue weighted by Gasteiger charge is 2.26. The lowest BCUT2D eigenvalue weighted by atomic mass is 9.99. The van der Waals surface area contributed by atoms with Gasteiger partial charge in [0, 0.05) is 18.8 Å². The maximum Gasteiger partial charge on any atom is 0.341 e. The molecule has 8 heteroatoms. The Kier molecular flexibility index (Phi) is 4.86. The molecular weight excluding hydrogens is 346 g/mol. The Labute approximate surface area is 155 Å². The number of nitrogens with zero attached hydrogens (tertiary/aromatic N) is 4. The maximum atomic E-state index is 13.0. The summed E-state index contributed by atoms with van der Waals surface area (Å²) < 4.78 is 6.49. The first-order chi connectivity index (χ1) is 13.0. The van der Waals surface area contributed by atoms with Crippen molar-refractivity contribution in [1.29, 1.82) is 5.26 Å². The highest BCUT2D eigenvalue weighted by atomic mass is 16.5. The van der Waals surface area contributed by atoms with E-state index >= 15 is 0 Å². The Bertz CT molecular complexity index is 1130. The van der Waals surface area contributed by atoms with Gasteiger partial charge in [-0.1, -0.05) is 6.07 Å². The smallest absolute Gasteiger partial charge is 0.341 e. The molecule has 0 atom stereocenters. The van der Waals surface area contributed by atoms with Crippen LogP contribution in [0.1, 0.15) is 28.5 Å². The number of nitriles is 1. The van der Waals surface area contributed by atoms with E-state index in [9.17, 15) is 14.9 Å². The molecule has 0 amide bonds. The van der Waals surface area contributed by atoms with Crippen molar-refractivity contribution in [2.24, 2.45) is 0 Å². The van der Waals surface area contributed by atoms with Gasteiger partial charge in [0.25, 0.3) is 5.56 Å². The van der Waals surface area contributed by atoms with E-state index in [1.165, 1.54) is 16.8 Å². The number of carbonyl (C=O) groups excluding carboxylic acids is 1. The van der Waals surface area contributed by atoms with Crippen LogP contribution in [0.2, 0.25) is 0 Å². The topological polar surface area (TPSA) is 109 Å². The number of esters is 1. The second-order valence-electron chi connectivity index (χ2n) is 5.69. The molecule has 3 aromatic rings. The van der Waals surface area contributed by atoms with E-state index < -0.39 is 11.5 Å². The van der Waals surface area contributed by atoms with E-state index in [0.29, 0.717) is 17.0 Å². The van der Waals surface area contributed by atoms with Gasteiger partial charge in [-0.3, -0.25) is 19.2 Å². The highest BCUT2D eigenvalue weighted by Crippen LogP contribution is 2.29. The average Bonchev–Trinajstić information content (AvgIpc) is 2.68. The van der Waals surface area contributed by atoms with E-state index in [4.69, 9.17) is 4.74 Å². The molecule has 3 aromatic heterocycles. The zero-order valence-corrected chi connectivity index (χ0v) is 15.1. The quantitative estimate of drug-likeness (QED) is 0.707. The van der Waals surface area contributed by atoms with Gasteiger partial charge in [-0.15, -0.1) is 0 Å². The van der Waals surface area contributed by atoms with Gasteiger partial charge in [-0.2, -0.15) is 5.26 Å². The van der Waals surface area contributed by atoms with E-state index in [2.05, 4.69) is 15.3 Å². The van der Waals surface area contributed by atoms with Gasteiger partial charge in [0.15, 0.2) is 0 Å². The molecule has 3 rings (SSSR count). The van der Waals surface area contributed by atoms with E-state index in [1.807, 2.05) is 6.07 Å². The van der Waals surface area contributed by atoms with Gasteiger partial charge >= 0.3 is 5.97 Å². The van der Waals surface area contributed by atoms with Gasteiger partial charge < -0.3 is 10.1 Å². The van der Waals surface area contributed by atoms with Crippen LogP contribution in [0.4, 0.5) is 5.82 Å². The van der Waals surface area contributed by atoms with Gasteiger partial charge in [0.2, 0.25) is 0 Å². The van der Waals surface area contributed by atoms with Gasteiger partial charge in [0.05, 0.1) is 35.3 Å². The van der Waals surface area contributed by atoms with Crippen LogP contribution in [-0.4, -0.2) is 34.0 Å². The number of rotatable bonds is 4. The lowest BCUT2D eigenvalue weighted by Crippen LogP contribution is -2.24. The molecule has 0 aliphatic carbocycles. The summed E-state index contributed by atoms with van der Waals surface area (Å²) in [5.41, 5.74) is 0.727. The minimum atomic E-state index is -0.642. The number of aryl methyl sites for hydroxylation is 1. The van der Waals surface area contributed by atoms with E-state index in [1.54, 1.807) is 39.1 Å². The third-order valence-corrected chi connectivity index (χ3v) is 4.05. The highest BCUT2D eigenvalue weighted by molar-refractivity contribution is 6.05. The van der Waals surface area contributed by atoms with Crippen molar-refractivity contribution >= 4 is 17.3 Å². The lowest BCUT2D eigenvalue weighted by molar-refractivity contribution is 0.0529. The number of hydrogen-bond donors (Lipinski definition) is 1. The Hall–Kier alpha value is -3.73. The molecule has 0 saturated carbocycles. The van der Waals surface area contributed by atoms with Gasteiger partial charge in [-0.25, -0.2) is 4.79 Å². The number of pyridine rings is 2. The van der Waals surface area contributed by atoms with Crippen LogP contribution in [-0.2, 0) is 4.74 Å². The fraction of sp³-hybridized carbons (Fsp3) is 0.211. The summed E-state index contributed by atoms with van der Waals surface area (Å²) in [4.78, 5) is 34.3. The zero-order valence-electron chi connectivity index (χ0n) is 15.1. The van der Waals surface area contributed by atoms with Crippen LogP contribution in [0.5, 0.6) is 0 Å². The third-order valence-electron chi connectivity index (χ3n) is 4.05. The average molecular weight is 363 g/mol. The summed E-state index contributed by atoms with van der Waals surface area (Å²) in [6, 6.07) is 6.93. The molecule has 1 N–H and O–H groups in total. The van der Waals surface area contributed by atoms with Gasteiger partial charge in [-0.05, 0) is 26.0 Å². The Balaban J connectivity index is 2.55. The Morgan fingerprint density at radius 3 is 2.70 bits per heavy atom. The maximum absolute atomic E-state index is 13.0. The molecular formula is C19H17N5O3. The number of carbonyl (C=O) groups is 1. The first-order valence-electron chi connectivity index (χ1n) is 8.29. The van der Waals surface area contributed by atoms with Crippen molar-refractivity contribution < 1.29 is 9.53 Å². The van der Waals surface area contributed by atoms with Crippen LogP contribution >= 0.6 is 0 Å². The minimum Gasteiger partial charge on any atom is -0.462 e. The molecule has 0 aliphatic rings. The van der Waals surface area contributed by atoms with Crippen LogP contribution in [0.25, 0.3) is 16.8 Å². The summed E-state index contributed by atoms with van der Waals surface area (Å²) in [7, 11) is 1.65. The van der Waals surface area contributed by atoms with Crippen LogP contribution in [0.15, 0.2) is 35.4 Å². The molecule has 0 aromatic carbocycles. The minimum absolute atomic E-state index is 0.100. The largest absolute Gasteiger partial charge is 0.462 e. The predicted molar refractivity (Wildman–Crippen MR) is 99.6 cm³/mol. The molecule has 0 bridgehead atoms. The summed E-state index contributed by atoms with van der Waals surface area (Å²) >= 11 is 0. The fourth-order valence-corrected chi connectivity index (χ4v) is 2.88. The fourth-order valence-electron chi connectivity index (χ4n) is 2.88. The zero-order chi connectivity index (χ0) is 19.6. The Morgan fingerprint density at radius 2 is 2.11 bits per heavy atom.